The van der Waals surface area contributed by atoms with Crippen molar-refractivity contribution in [2.24, 2.45) is 17.3 Å². The standard InChI is InChI=1S/C14H27N/c1-3-9-15-11-13-10-14(13,2)12-7-5-4-6-8-12/h12-13,15H,3-11H2,1-2H3. The van der Waals surface area contributed by atoms with Crippen LogP contribution in [0.4, 0.5) is 0 Å². The number of nitrogens with one attached hydrogen (secondary N) is 1. The van der Waals surface area contributed by atoms with Gasteiger partial charge in [-0.2, -0.15) is 0 Å². The van der Waals surface area contributed by atoms with Gasteiger partial charge in [-0.1, -0.05) is 33.1 Å². The molecule has 2 aliphatic carbocycles. The Balaban J connectivity index is 1.73. The lowest BCUT2D eigenvalue weighted by molar-refractivity contribution is 0.225. The van der Waals surface area contributed by atoms with Crippen LogP contribution in [0, 0.1) is 17.3 Å². The Morgan fingerprint density at radius 3 is 2.60 bits per heavy atom. The highest BCUT2D eigenvalue weighted by Gasteiger charge is 2.53. The van der Waals surface area contributed by atoms with E-state index in [1.807, 2.05) is 0 Å². The second kappa shape index (κ2) is 4.86. The smallest absolute Gasteiger partial charge is 0.00150 e. The van der Waals surface area contributed by atoms with Crippen molar-refractivity contribution in [2.75, 3.05) is 13.1 Å². The molecule has 0 aromatic carbocycles. The SMILES string of the molecule is CCCNCC1CC1(C)C1CCCCC1. The van der Waals surface area contributed by atoms with Crippen LogP contribution in [0.15, 0.2) is 0 Å². The van der Waals surface area contributed by atoms with Crippen molar-refractivity contribution in [1.82, 2.24) is 5.32 Å². The minimum absolute atomic E-state index is 0.723. The van der Waals surface area contributed by atoms with Crippen LogP contribution in [0.5, 0.6) is 0 Å². The maximum Gasteiger partial charge on any atom is -0.00150 e. The first kappa shape index (κ1) is 11.4. The molecule has 88 valence electrons. The summed E-state index contributed by atoms with van der Waals surface area (Å²) in [5.41, 5.74) is 0.723. The van der Waals surface area contributed by atoms with Crippen molar-refractivity contribution in [3.8, 4) is 0 Å². The molecule has 2 unspecified atom stereocenters. The third kappa shape index (κ3) is 2.55. The van der Waals surface area contributed by atoms with E-state index in [9.17, 15) is 0 Å². The molecule has 2 aliphatic rings. The van der Waals surface area contributed by atoms with E-state index in [2.05, 4.69) is 19.2 Å². The first-order chi connectivity index (χ1) is 7.27. The van der Waals surface area contributed by atoms with Gasteiger partial charge in [0.25, 0.3) is 0 Å². The molecule has 0 aliphatic heterocycles. The second-order valence-corrected chi connectivity index (χ2v) is 5.95. The predicted octanol–water partition coefficient (Wildman–Crippen LogP) is 3.59. The molecule has 0 spiro atoms. The lowest BCUT2D eigenvalue weighted by Gasteiger charge is -2.28. The molecular weight excluding hydrogens is 182 g/mol. The third-order valence-electron chi connectivity index (χ3n) is 4.81. The Bertz CT molecular complexity index is 194. The average Bonchev–Trinajstić information content (AvgIpc) is 2.93. The summed E-state index contributed by atoms with van der Waals surface area (Å²) in [7, 11) is 0. The van der Waals surface area contributed by atoms with Crippen molar-refractivity contribution >= 4 is 0 Å². The molecule has 0 saturated heterocycles. The van der Waals surface area contributed by atoms with Crippen LogP contribution in [-0.4, -0.2) is 13.1 Å². The summed E-state index contributed by atoms with van der Waals surface area (Å²) in [6.07, 6.45) is 10.3. The Kier molecular flexibility index (Phi) is 3.71. The second-order valence-electron chi connectivity index (χ2n) is 5.95. The molecule has 0 bridgehead atoms. The quantitative estimate of drug-likeness (QED) is 0.682. The Hall–Kier alpha value is -0.0400. The van der Waals surface area contributed by atoms with Gasteiger partial charge in [0, 0.05) is 0 Å². The molecule has 0 radical (unpaired) electrons. The highest BCUT2D eigenvalue weighted by molar-refractivity contribution is 5.04. The van der Waals surface area contributed by atoms with Gasteiger partial charge in [0.1, 0.15) is 0 Å². The molecule has 1 heteroatoms. The van der Waals surface area contributed by atoms with Crippen molar-refractivity contribution < 1.29 is 0 Å². The van der Waals surface area contributed by atoms with Crippen LogP contribution in [0.2, 0.25) is 0 Å². The zero-order chi connectivity index (χ0) is 10.7. The van der Waals surface area contributed by atoms with E-state index in [4.69, 9.17) is 0 Å². The van der Waals surface area contributed by atoms with Crippen molar-refractivity contribution in [1.29, 1.82) is 0 Å². The molecule has 2 rings (SSSR count). The summed E-state index contributed by atoms with van der Waals surface area (Å²) < 4.78 is 0. The Morgan fingerprint density at radius 1 is 1.20 bits per heavy atom. The summed E-state index contributed by atoms with van der Waals surface area (Å²) in [4.78, 5) is 0. The molecular formula is C14H27N. The van der Waals surface area contributed by atoms with E-state index in [1.165, 1.54) is 58.0 Å². The average molecular weight is 209 g/mol. The fourth-order valence-electron chi connectivity index (χ4n) is 3.49. The monoisotopic (exact) mass is 209 g/mol. The van der Waals surface area contributed by atoms with Crippen LogP contribution in [-0.2, 0) is 0 Å². The predicted molar refractivity (Wildman–Crippen MR) is 65.9 cm³/mol. The molecule has 1 N–H and O–H groups in total. The lowest BCUT2D eigenvalue weighted by atomic mass is 9.77. The van der Waals surface area contributed by atoms with Crippen LogP contribution in [0.3, 0.4) is 0 Å². The molecule has 15 heavy (non-hydrogen) atoms. The van der Waals surface area contributed by atoms with Gasteiger partial charge in [-0.3, -0.25) is 0 Å². The third-order valence-corrected chi connectivity index (χ3v) is 4.81. The van der Waals surface area contributed by atoms with Gasteiger partial charge >= 0.3 is 0 Å². The Labute approximate surface area is 95.0 Å². The van der Waals surface area contributed by atoms with Crippen LogP contribution < -0.4 is 5.32 Å². The van der Waals surface area contributed by atoms with E-state index in [0.29, 0.717) is 0 Å². The fourth-order valence-corrected chi connectivity index (χ4v) is 3.49. The van der Waals surface area contributed by atoms with Crippen LogP contribution >= 0.6 is 0 Å². The molecule has 2 saturated carbocycles. The molecule has 0 aromatic heterocycles. The van der Waals surface area contributed by atoms with E-state index in [1.54, 1.807) is 0 Å². The molecule has 2 fully saturated rings. The van der Waals surface area contributed by atoms with E-state index in [-0.39, 0.29) is 0 Å². The molecule has 2 atom stereocenters. The maximum absolute atomic E-state index is 3.59. The highest BCUT2D eigenvalue weighted by Crippen LogP contribution is 2.60. The zero-order valence-corrected chi connectivity index (χ0v) is 10.5. The number of hydrogen-bond donors (Lipinski definition) is 1. The Morgan fingerprint density at radius 2 is 1.93 bits per heavy atom. The van der Waals surface area contributed by atoms with Crippen molar-refractivity contribution in [3.63, 3.8) is 0 Å². The lowest BCUT2D eigenvalue weighted by Crippen LogP contribution is -2.24. The normalized spacial score (nSPS) is 36.8. The molecule has 0 heterocycles. The summed E-state index contributed by atoms with van der Waals surface area (Å²) in [5, 5.41) is 3.59. The minimum atomic E-state index is 0.723. The summed E-state index contributed by atoms with van der Waals surface area (Å²) in [5.74, 6) is 2.05. The van der Waals surface area contributed by atoms with E-state index >= 15 is 0 Å². The fraction of sp³-hybridized carbons (Fsp3) is 1.00. The molecule has 1 nitrogen and oxygen atoms in total. The summed E-state index contributed by atoms with van der Waals surface area (Å²) >= 11 is 0. The van der Waals surface area contributed by atoms with Crippen LogP contribution in [0.25, 0.3) is 0 Å². The first-order valence-corrected chi connectivity index (χ1v) is 6.98. The zero-order valence-electron chi connectivity index (χ0n) is 10.5. The largest absolute Gasteiger partial charge is 0.316 e. The summed E-state index contributed by atoms with van der Waals surface area (Å²) in [6, 6.07) is 0. The van der Waals surface area contributed by atoms with Gasteiger partial charge in [-0.05, 0) is 56.0 Å². The van der Waals surface area contributed by atoms with Crippen molar-refractivity contribution in [2.45, 2.75) is 58.8 Å². The van der Waals surface area contributed by atoms with Gasteiger partial charge < -0.3 is 5.32 Å². The van der Waals surface area contributed by atoms with Gasteiger partial charge in [-0.15, -0.1) is 0 Å². The van der Waals surface area contributed by atoms with E-state index < -0.39 is 0 Å². The molecule has 0 aromatic rings. The van der Waals surface area contributed by atoms with Gasteiger partial charge in [0.05, 0.1) is 0 Å². The topological polar surface area (TPSA) is 12.0 Å². The van der Waals surface area contributed by atoms with Crippen molar-refractivity contribution in [3.05, 3.63) is 0 Å². The number of rotatable bonds is 5. The summed E-state index contributed by atoms with van der Waals surface area (Å²) in [6.45, 7) is 7.28. The van der Waals surface area contributed by atoms with Gasteiger partial charge in [-0.25, -0.2) is 0 Å². The van der Waals surface area contributed by atoms with Crippen LogP contribution in [0.1, 0.15) is 58.8 Å². The minimum Gasteiger partial charge on any atom is -0.316 e. The van der Waals surface area contributed by atoms with Gasteiger partial charge in [0.15, 0.2) is 0 Å². The van der Waals surface area contributed by atoms with E-state index in [0.717, 1.165) is 17.3 Å². The first-order valence-electron chi connectivity index (χ1n) is 6.98. The maximum atomic E-state index is 3.59. The highest BCUT2D eigenvalue weighted by atomic mass is 14.9. The molecule has 0 amide bonds. The van der Waals surface area contributed by atoms with Gasteiger partial charge in [0.2, 0.25) is 0 Å². The number of hydrogen-bond acceptors (Lipinski definition) is 1.